The summed E-state index contributed by atoms with van der Waals surface area (Å²) in [6.45, 7) is 1.99. The van der Waals surface area contributed by atoms with Gasteiger partial charge in [0.05, 0.1) is 0 Å². The molecular formula is C18H16N2O3S. The van der Waals surface area contributed by atoms with Crippen molar-refractivity contribution in [1.29, 1.82) is 0 Å². The minimum Gasteiger partial charge on any atom is -0.443 e. The molecule has 1 unspecified atom stereocenters. The first kappa shape index (κ1) is 16.1. The summed E-state index contributed by atoms with van der Waals surface area (Å²) in [5.74, 6) is 0.0727. The third kappa shape index (κ3) is 3.44. The van der Waals surface area contributed by atoms with Crippen molar-refractivity contribution < 1.29 is 13.4 Å². The number of anilines is 1. The molecular weight excluding hydrogens is 324 g/mol. The van der Waals surface area contributed by atoms with Gasteiger partial charge in [-0.2, -0.15) is 0 Å². The fourth-order valence-corrected chi connectivity index (χ4v) is 2.76. The highest BCUT2D eigenvalue weighted by Crippen LogP contribution is 2.24. The number of aromatic nitrogens is 1. The van der Waals surface area contributed by atoms with Crippen molar-refractivity contribution in [2.24, 2.45) is 0 Å². The molecule has 0 aliphatic rings. The average molecular weight is 340 g/mol. The van der Waals surface area contributed by atoms with Gasteiger partial charge in [-0.3, -0.25) is 9.00 Å². The zero-order valence-electron chi connectivity index (χ0n) is 13.3. The lowest BCUT2D eigenvalue weighted by Gasteiger charge is -2.05. The number of aryl methyl sites for hydroxylation is 1. The molecule has 3 rings (SSSR count). The Balaban J connectivity index is 1.82. The van der Waals surface area contributed by atoms with Crippen LogP contribution in [0.25, 0.3) is 11.3 Å². The van der Waals surface area contributed by atoms with Crippen LogP contribution < -0.4 is 5.32 Å². The Hall–Kier alpha value is -2.73. The number of carbonyl (C=O) groups excluding carboxylic acids is 1. The maximum Gasteiger partial charge on any atom is 0.278 e. The summed E-state index contributed by atoms with van der Waals surface area (Å²) >= 11 is 0. The maximum absolute atomic E-state index is 12.5. The van der Waals surface area contributed by atoms with E-state index in [0.717, 1.165) is 11.1 Å². The van der Waals surface area contributed by atoms with Gasteiger partial charge in [0, 0.05) is 33.2 Å². The molecule has 5 nitrogen and oxygen atoms in total. The van der Waals surface area contributed by atoms with Gasteiger partial charge in [0.2, 0.25) is 0 Å². The summed E-state index contributed by atoms with van der Waals surface area (Å²) in [7, 11) is -1.05. The van der Waals surface area contributed by atoms with Crippen molar-refractivity contribution in [2.45, 2.75) is 11.8 Å². The molecule has 2 aromatic carbocycles. The van der Waals surface area contributed by atoms with Crippen molar-refractivity contribution in [2.75, 3.05) is 11.6 Å². The lowest BCUT2D eigenvalue weighted by molar-refractivity contribution is 0.102. The first-order valence-electron chi connectivity index (χ1n) is 7.30. The Kier molecular flexibility index (Phi) is 4.57. The van der Waals surface area contributed by atoms with Crippen molar-refractivity contribution in [3.05, 3.63) is 66.2 Å². The molecule has 0 aliphatic heterocycles. The molecule has 1 atom stereocenters. The van der Waals surface area contributed by atoms with Crippen LogP contribution in [-0.4, -0.2) is 21.4 Å². The Bertz CT molecular complexity index is 883. The average Bonchev–Trinajstić information content (AvgIpc) is 3.06. The van der Waals surface area contributed by atoms with E-state index in [2.05, 4.69) is 10.3 Å². The molecule has 0 radical (unpaired) electrons. The zero-order valence-corrected chi connectivity index (χ0v) is 14.1. The number of nitrogens with zero attached hydrogens (tertiary/aromatic N) is 1. The predicted molar refractivity (Wildman–Crippen MR) is 93.4 cm³/mol. The van der Waals surface area contributed by atoms with Crippen LogP contribution in [-0.2, 0) is 10.8 Å². The van der Waals surface area contributed by atoms with Crippen LogP contribution in [0.15, 0.2) is 64.2 Å². The molecule has 0 bridgehead atoms. The molecule has 1 heterocycles. The van der Waals surface area contributed by atoms with Crippen LogP contribution >= 0.6 is 0 Å². The van der Waals surface area contributed by atoms with E-state index in [9.17, 15) is 9.00 Å². The number of carbonyl (C=O) groups is 1. The Labute approximate surface area is 142 Å². The zero-order chi connectivity index (χ0) is 17.1. The summed E-state index contributed by atoms with van der Waals surface area (Å²) < 4.78 is 16.8. The highest BCUT2D eigenvalue weighted by atomic mass is 32.2. The van der Waals surface area contributed by atoms with Gasteiger partial charge in [-0.1, -0.05) is 29.8 Å². The maximum atomic E-state index is 12.5. The minimum absolute atomic E-state index is 0.224. The molecule has 1 N–H and O–H groups in total. The van der Waals surface area contributed by atoms with Gasteiger partial charge in [0.15, 0.2) is 17.8 Å². The van der Waals surface area contributed by atoms with Gasteiger partial charge in [-0.05, 0) is 31.2 Å². The molecule has 1 aromatic heterocycles. The van der Waals surface area contributed by atoms with Crippen LogP contribution in [0.2, 0.25) is 0 Å². The van der Waals surface area contributed by atoms with Crippen molar-refractivity contribution in [1.82, 2.24) is 4.98 Å². The number of hydrogen-bond acceptors (Lipinski definition) is 4. The first-order valence-corrected chi connectivity index (χ1v) is 8.86. The fourth-order valence-electron chi connectivity index (χ4n) is 2.24. The van der Waals surface area contributed by atoms with E-state index in [0.29, 0.717) is 16.3 Å². The van der Waals surface area contributed by atoms with Crippen LogP contribution in [0.5, 0.6) is 0 Å². The van der Waals surface area contributed by atoms with Crippen LogP contribution in [0, 0.1) is 6.92 Å². The van der Waals surface area contributed by atoms with E-state index in [1.807, 2.05) is 31.2 Å². The summed E-state index contributed by atoms with van der Waals surface area (Å²) in [6, 6.07) is 14.5. The van der Waals surface area contributed by atoms with Gasteiger partial charge in [0.1, 0.15) is 0 Å². The number of nitrogens with one attached hydrogen (secondary N) is 1. The Morgan fingerprint density at radius 2 is 1.75 bits per heavy atom. The minimum atomic E-state index is -1.05. The number of hydrogen-bond donors (Lipinski definition) is 1. The lowest BCUT2D eigenvalue weighted by Crippen LogP contribution is -2.13. The molecule has 1 amide bonds. The smallest absolute Gasteiger partial charge is 0.278 e. The molecule has 0 spiro atoms. The van der Waals surface area contributed by atoms with E-state index in [1.165, 1.54) is 6.39 Å². The largest absolute Gasteiger partial charge is 0.443 e. The molecule has 0 saturated heterocycles. The van der Waals surface area contributed by atoms with Crippen LogP contribution in [0.3, 0.4) is 0 Å². The lowest BCUT2D eigenvalue weighted by atomic mass is 10.1. The SMILES string of the molecule is Cc1ccc(-c2ocnc2C(=O)Nc2ccc(S(C)=O)cc2)cc1. The number of rotatable bonds is 4. The van der Waals surface area contributed by atoms with Crippen molar-refractivity contribution >= 4 is 22.4 Å². The van der Waals surface area contributed by atoms with Crippen molar-refractivity contribution in [3.8, 4) is 11.3 Å². The predicted octanol–water partition coefficient (Wildman–Crippen LogP) is 3.64. The summed E-state index contributed by atoms with van der Waals surface area (Å²) in [5, 5.41) is 2.77. The molecule has 0 saturated carbocycles. The third-order valence-electron chi connectivity index (χ3n) is 3.54. The number of benzene rings is 2. The summed E-state index contributed by atoms with van der Waals surface area (Å²) in [6.07, 6.45) is 2.87. The topological polar surface area (TPSA) is 72.2 Å². The van der Waals surface area contributed by atoms with E-state index >= 15 is 0 Å². The van der Waals surface area contributed by atoms with Gasteiger partial charge in [-0.25, -0.2) is 4.98 Å². The second kappa shape index (κ2) is 6.80. The van der Waals surface area contributed by atoms with Gasteiger partial charge < -0.3 is 9.73 Å². The molecule has 0 aliphatic carbocycles. The van der Waals surface area contributed by atoms with E-state index in [1.54, 1.807) is 30.5 Å². The van der Waals surface area contributed by atoms with E-state index in [4.69, 9.17) is 4.42 Å². The Morgan fingerprint density at radius 3 is 2.38 bits per heavy atom. The Morgan fingerprint density at radius 1 is 1.08 bits per heavy atom. The molecule has 24 heavy (non-hydrogen) atoms. The summed E-state index contributed by atoms with van der Waals surface area (Å²) in [4.78, 5) is 17.2. The standard InChI is InChI=1S/C18H16N2O3S/c1-12-3-5-13(6-4-12)17-16(19-11-23-17)18(21)20-14-7-9-15(10-8-14)24(2)22/h3-11H,1-2H3,(H,20,21). The molecule has 6 heteroatoms. The fraction of sp³-hybridized carbons (Fsp3) is 0.111. The van der Waals surface area contributed by atoms with Crippen LogP contribution in [0.1, 0.15) is 16.1 Å². The number of oxazole rings is 1. The van der Waals surface area contributed by atoms with Gasteiger partial charge >= 0.3 is 0 Å². The normalized spacial score (nSPS) is 11.9. The van der Waals surface area contributed by atoms with Crippen LogP contribution in [0.4, 0.5) is 5.69 Å². The van der Waals surface area contributed by atoms with E-state index < -0.39 is 10.8 Å². The molecule has 0 fully saturated rings. The highest BCUT2D eigenvalue weighted by Gasteiger charge is 2.18. The molecule has 3 aromatic rings. The second-order valence-corrected chi connectivity index (χ2v) is 6.71. The van der Waals surface area contributed by atoms with E-state index in [-0.39, 0.29) is 11.6 Å². The summed E-state index contributed by atoms with van der Waals surface area (Å²) in [5.41, 5.74) is 2.74. The monoisotopic (exact) mass is 340 g/mol. The molecule has 122 valence electrons. The second-order valence-electron chi connectivity index (χ2n) is 5.33. The van der Waals surface area contributed by atoms with Crippen molar-refractivity contribution in [3.63, 3.8) is 0 Å². The van der Waals surface area contributed by atoms with Gasteiger partial charge in [0.25, 0.3) is 5.91 Å². The number of amides is 1. The highest BCUT2D eigenvalue weighted by molar-refractivity contribution is 7.84. The quantitative estimate of drug-likeness (QED) is 0.787. The van der Waals surface area contributed by atoms with Gasteiger partial charge in [-0.15, -0.1) is 0 Å². The first-order chi connectivity index (χ1) is 11.5. The third-order valence-corrected chi connectivity index (χ3v) is 4.48.